The third kappa shape index (κ3) is 4.14. The van der Waals surface area contributed by atoms with Crippen LogP contribution in [0.1, 0.15) is 25.0 Å². The van der Waals surface area contributed by atoms with Gasteiger partial charge in [-0.3, -0.25) is 0 Å². The molecule has 0 saturated carbocycles. The number of halogens is 3. The maximum Gasteiger partial charge on any atom is 0.0514 e. The molecule has 0 saturated heterocycles. The van der Waals surface area contributed by atoms with Crippen molar-refractivity contribution in [3.05, 3.63) is 56.5 Å². The minimum atomic E-state index is 0.412. The molecule has 0 aromatic heterocycles. The third-order valence-electron chi connectivity index (χ3n) is 3.24. The number of aryl methyl sites for hydroxylation is 1. The van der Waals surface area contributed by atoms with Crippen molar-refractivity contribution in [1.82, 2.24) is 5.32 Å². The first-order chi connectivity index (χ1) is 9.88. The van der Waals surface area contributed by atoms with E-state index in [0.29, 0.717) is 21.1 Å². The largest absolute Gasteiger partial charge is 0.310 e. The van der Waals surface area contributed by atoms with E-state index in [1.807, 2.05) is 0 Å². The molecule has 0 aliphatic carbocycles. The van der Waals surface area contributed by atoms with Crippen LogP contribution in [0.15, 0.2) is 30.3 Å². The van der Waals surface area contributed by atoms with Crippen molar-refractivity contribution in [2.24, 2.45) is 0 Å². The highest BCUT2D eigenvalue weighted by molar-refractivity contribution is 6.41. The van der Waals surface area contributed by atoms with E-state index in [0.717, 1.165) is 17.7 Å². The first-order valence-electron chi connectivity index (χ1n) is 6.86. The Morgan fingerprint density at radius 3 is 2.19 bits per heavy atom. The monoisotopic (exact) mass is 341 g/mol. The Bertz CT molecular complexity index is 627. The highest BCUT2D eigenvalue weighted by atomic mass is 35.5. The topological polar surface area (TPSA) is 12.0 Å². The second-order valence-corrected chi connectivity index (χ2v) is 6.69. The molecule has 0 atom stereocenters. The lowest BCUT2D eigenvalue weighted by Gasteiger charge is -2.16. The SMILES string of the molecule is Cc1ccc(CNC(C)C)c(-c2c(Cl)cc(Cl)cc2Cl)c1. The first kappa shape index (κ1) is 16.6. The van der Waals surface area contributed by atoms with Gasteiger partial charge in [0.2, 0.25) is 0 Å². The number of nitrogens with one attached hydrogen (secondary N) is 1. The molecular formula is C17H18Cl3N. The molecule has 21 heavy (non-hydrogen) atoms. The molecule has 1 N–H and O–H groups in total. The van der Waals surface area contributed by atoms with E-state index in [2.05, 4.69) is 44.3 Å². The minimum absolute atomic E-state index is 0.412. The van der Waals surface area contributed by atoms with Crippen LogP contribution in [-0.2, 0) is 6.54 Å². The van der Waals surface area contributed by atoms with Crippen molar-refractivity contribution in [3.8, 4) is 11.1 Å². The van der Waals surface area contributed by atoms with Crippen LogP contribution in [0.25, 0.3) is 11.1 Å². The van der Waals surface area contributed by atoms with E-state index < -0.39 is 0 Å². The molecule has 0 spiro atoms. The zero-order chi connectivity index (χ0) is 15.6. The summed E-state index contributed by atoms with van der Waals surface area (Å²) in [5.74, 6) is 0. The molecule has 112 valence electrons. The van der Waals surface area contributed by atoms with E-state index >= 15 is 0 Å². The van der Waals surface area contributed by atoms with Crippen LogP contribution in [0.3, 0.4) is 0 Å². The minimum Gasteiger partial charge on any atom is -0.310 e. The van der Waals surface area contributed by atoms with Gasteiger partial charge in [0.25, 0.3) is 0 Å². The van der Waals surface area contributed by atoms with Crippen LogP contribution < -0.4 is 5.32 Å². The molecule has 0 radical (unpaired) electrons. The number of benzene rings is 2. The summed E-state index contributed by atoms with van der Waals surface area (Å²) >= 11 is 18.7. The van der Waals surface area contributed by atoms with Gasteiger partial charge >= 0.3 is 0 Å². The van der Waals surface area contributed by atoms with Gasteiger partial charge in [-0.1, -0.05) is 72.4 Å². The van der Waals surface area contributed by atoms with Crippen molar-refractivity contribution >= 4 is 34.8 Å². The van der Waals surface area contributed by atoms with Gasteiger partial charge in [-0.2, -0.15) is 0 Å². The smallest absolute Gasteiger partial charge is 0.0514 e. The highest BCUT2D eigenvalue weighted by Gasteiger charge is 2.14. The molecule has 0 fully saturated rings. The number of hydrogen-bond donors (Lipinski definition) is 1. The lowest BCUT2D eigenvalue weighted by Crippen LogP contribution is -2.22. The van der Waals surface area contributed by atoms with Crippen LogP contribution in [0.5, 0.6) is 0 Å². The highest BCUT2D eigenvalue weighted by Crippen LogP contribution is 2.39. The standard InChI is InChI=1S/C17H18Cl3N/c1-10(2)21-9-12-5-4-11(3)6-14(12)17-15(19)7-13(18)8-16(17)20/h4-8,10,21H,9H2,1-3H3. The van der Waals surface area contributed by atoms with Crippen molar-refractivity contribution in [1.29, 1.82) is 0 Å². The molecule has 2 aromatic rings. The Labute approximate surface area is 141 Å². The summed E-state index contributed by atoms with van der Waals surface area (Å²) < 4.78 is 0. The van der Waals surface area contributed by atoms with E-state index in [1.54, 1.807) is 12.1 Å². The molecule has 0 aliphatic heterocycles. The van der Waals surface area contributed by atoms with Crippen LogP contribution >= 0.6 is 34.8 Å². The van der Waals surface area contributed by atoms with Gasteiger partial charge in [-0.05, 0) is 30.2 Å². The van der Waals surface area contributed by atoms with Gasteiger partial charge in [0.1, 0.15) is 0 Å². The summed E-state index contributed by atoms with van der Waals surface area (Å²) in [7, 11) is 0. The Kier molecular flexibility index (Phi) is 5.56. The van der Waals surface area contributed by atoms with E-state index in [1.165, 1.54) is 11.1 Å². The van der Waals surface area contributed by atoms with Crippen molar-refractivity contribution in [2.45, 2.75) is 33.4 Å². The third-order valence-corrected chi connectivity index (χ3v) is 4.06. The van der Waals surface area contributed by atoms with Crippen LogP contribution in [0.2, 0.25) is 15.1 Å². The Hall–Kier alpha value is -0.730. The lowest BCUT2D eigenvalue weighted by atomic mass is 9.97. The molecule has 0 aliphatic rings. The average molecular weight is 343 g/mol. The van der Waals surface area contributed by atoms with Gasteiger partial charge in [0, 0.05) is 23.2 Å². The van der Waals surface area contributed by atoms with Gasteiger partial charge in [0.05, 0.1) is 10.0 Å². The summed E-state index contributed by atoms with van der Waals surface area (Å²) in [6, 6.07) is 10.2. The Morgan fingerprint density at radius 2 is 1.62 bits per heavy atom. The van der Waals surface area contributed by atoms with Crippen LogP contribution in [0, 0.1) is 6.92 Å². The fourth-order valence-corrected chi connectivity index (χ4v) is 3.21. The maximum absolute atomic E-state index is 6.37. The van der Waals surface area contributed by atoms with Crippen LogP contribution in [0.4, 0.5) is 0 Å². The Morgan fingerprint density at radius 1 is 1.00 bits per heavy atom. The molecule has 0 unspecified atom stereocenters. The Balaban J connectivity index is 2.54. The quantitative estimate of drug-likeness (QED) is 0.705. The van der Waals surface area contributed by atoms with Gasteiger partial charge in [0.15, 0.2) is 0 Å². The summed E-state index contributed by atoms with van der Waals surface area (Å²) in [5.41, 5.74) is 4.22. The predicted molar refractivity (Wildman–Crippen MR) is 93.6 cm³/mol. The van der Waals surface area contributed by atoms with Gasteiger partial charge in [-0.25, -0.2) is 0 Å². The summed E-state index contributed by atoms with van der Waals surface area (Å²) in [6.45, 7) is 7.07. The second kappa shape index (κ2) is 7.02. The fourth-order valence-electron chi connectivity index (χ4n) is 2.19. The molecule has 0 amide bonds. The predicted octanol–water partition coefficient (Wildman–Crippen LogP) is 6.12. The zero-order valence-corrected chi connectivity index (χ0v) is 14.6. The fraction of sp³-hybridized carbons (Fsp3) is 0.294. The summed E-state index contributed by atoms with van der Waals surface area (Å²) in [5, 5.41) is 5.12. The van der Waals surface area contributed by atoms with E-state index in [-0.39, 0.29) is 0 Å². The van der Waals surface area contributed by atoms with Crippen molar-refractivity contribution in [2.75, 3.05) is 0 Å². The maximum atomic E-state index is 6.37. The molecular weight excluding hydrogens is 325 g/mol. The second-order valence-electron chi connectivity index (χ2n) is 5.44. The molecule has 1 nitrogen and oxygen atoms in total. The number of rotatable bonds is 4. The normalized spacial score (nSPS) is 11.2. The molecule has 4 heteroatoms. The molecule has 2 rings (SSSR count). The molecule has 0 bridgehead atoms. The van der Waals surface area contributed by atoms with Crippen LogP contribution in [-0.4, -0.2) is 6.04 Å². The van der Waals surface area contributed by atoms with E-state index in [9.17, 15) is 0 Å². The first-order valence-corrected chi connectivity index (χ1v) is 7.99. The van der Waals surface area contributed by atoms with Crippen molar-refractivity contribution in [3.63, 3.8) is 0 Å². The van der Waals surface area contributed by atoms with Gasteiger partial charge < -0.3 is 5.32 Å². The summed E-state index contributed by atoms with van der Waals surface area (Å²) in [4.78, 5) is 0. The average Bonchev–Trinajstić information content (AvgIpc) is 2.36. The molecule has 0 heterocycles. The number of hydrogen-bond acceptors (Lipinski definition) is 1. The zero-order valence-electron chi connectivity index (χ0n) is 12.3. The summed E-state index contributed by atoms with van der Waals surface area (Å²) in [6.07, 6.45) is 0. The van der Waals surface area contributed by atoms with Crippen molar-refractivity contribution < 1.29 is 0 Å². The molecule has 2 aromatic carbocycles. The lowest BCUT2D eigenvalue weighted by molar-refractivity contribution is 0.589. The van der Waals surface area contributed by atoms with Gasteiger partial charge in [-0.15, -0.1) is 0 Å². The van der Waals surface area contributed by atoms with E-state index in [4.69, 9.17) is 34.8 Å².